The number of hydrogen-bond donors (Lipinski definition) is 1. The van der Waals surface area contributed by atoms with E-state index in [1.807, 2.05) is 0 Å². The fraction of sp³-hybridized carbons (Fsp3) is 0.375. The maximum absolute atomic E-state index is 10.4. The summed E-state index contributed by atoms with van der Waals surface area (Å²) in [7, 11) is 1.68. The summed E-state index contributed by atoms with van der Waals surface area (Å²) in [4.78, 5) is 19.9. The van der Waals surface area contributed by atoms with E-state index >= 15 is 0 Å². The van der Waals surface area contributed by atoms with Gasteiger partial charge in [-0.2, -0.15) is 0 Å². The molecular formula is C8H11N3O2. The van der Waals surface area contributed by atoms with Crippen LogP contribution < -0.4 is 4.90 Å². The molecule has 0 aliphatic carbocycles. The first-order valence-electron chi connectivity index (χ1n) is 3.82. The number of aryl methyl sites for hydroxylation is 1. The smallest absolute Gasteiger partial charge is 0.323 e. The molecule has 13 heavy (non-hydrogen) atoms. The molecule has 5 heteroatoms. The molecule has 5 nitrogen and oxygen atoms in total. The molecule has 0 fully saturated rings. The topological polar surface area (TPSA) is 66.3 Å². The number of carboxylic acid groups (broad SMARTS) is 1. The molecule has 0 saturated carbocycles. The largest absolute Gasteiger partial charge is 0.480 e. The summed E-state index contributed by atoms with van der Waals surface area (Å²) in [6.07, 6.45) is 1.61. The van der Waals surface area contributed by atoms with Crippen LogP contribution in [-0.2, 0) is 4.79 Å². The first kappa shape index (κ1) is 9.44. The Morgan fingerprint density at radius 1 is 1.69 bits per heavy atom. The lowest BCUT2D eigenvalue weighted by Gasteiger charge is -2.14. The molecule has 0 bridgehead atoms. The molecule has 70 valence electrons. The number of likely N-dealkylation sites (N-methyl/N-ethyl adjacent to an activating group) is 1. The fourth-order valence-electron chi connectivity index (χ4n) is 0.940. The van der Waals surface area contributed by atoms with Crippen LogP contribution >= 0.6 is 0 Å². The van der Waals surface area contributed by atoms with Crippen molar-refractivity contribution in [1.82, 2.24) is 9.97 Å². The number of hydrogen-bond acceptors (Lipinski definition) is 4. The maximum atomic E-state index is 10.4. The zero-order chi connectivity index (χ0) is 9.84. The highest BCUT2D eigenvalue weighted by Crippen LogP contribution is 2.06. The van der Waals surface area contributed by atoms with Gasteiger partial charge in [0.15, 0.2) is 0 Å². The predicted octanol–water partition coefficient (Wildman–Crippen LogP) is 0.306. The Hall–Kier alpha value is -1.65. The number of rotatable bonds is 3. The molecule has 1 aromatic rings. The number of aliphatic carboxylic acids is 1. The van der Waals surface area contributed by atoms with Crippen molar-refractivity contribution in [2.45, 2.75) is 6.92 Å². The third-order valence-electron chi connectivity index (χ3n) is 1.52. The summed E-state index contributed by atoms with van der Waals surface area (Å²) in [5, 5.41) is 8.53. The zero-order valence-corrected chi connectivity index (χ0v) is 7.56. The number of carboxylic acids is 1. The van der Waals surface area contributed by atoms with Crippen LogP contribution in [0.1, 0.15) is 5.82 Å². The highest BCUT2D eigenvalue weighted by atomic mass is 16.4. The Kier molecular flexibility index (Phi) is 2.79. The predicted molar refractivity (Wildman–Crippen MR) is 47.7 cm³/mol. The summed E-state index contributed by atoms with van der Waals surface area (Å²) in [6.45, 7) is 1.70. The lowest BCUT2D eigenvalue weighted by atomic mass is 10.5. The van der Waals surface area contributed by atoms with Crippen LogP contribution in [0, 0.1) is 6.92 Å². The quantitative estimate of drug-likeness (QED) is 0.726. The molecule has 0 saturated heterocycles. The average Bonchev–Trinajstić information content (AvgIpc) is 2.03. The van der Waals surface area contributed by atoms with Crippen molar-refractivity contribution in [2.75, 3.05) is 18.5 Å². The molecule has 0 spiro atoms. The van der Waals surface area contributed by atoms with E-state index in [1.165, 1.54) is 0 Å². The summed E-state index contributed by atoms with van der Waals surface area (Å²) in [5.41, 5.74) is 0. The molecule has 0 atom stereocenters. The molecule has 0 unspecified atom stereocenters. The third kappa shape index (κ3) is 2.70. The summed E-state index contributed by atoms with van der Waals surface area (Å²) >= 11 is 0. The molecule has 0 aliphatic heterocycles. The van der Waals surface area contributed by atoms with Crippen LogP contribution in [-0.4, -0.2) is 34.6 Å². The maximum Gasteiger partial charge on any atom is 0.323 e. The van der Waals surface area contributed by atoms with E-state index in [0.29, 0.717) is 11.6 Å². The third-order valence-corrected chi connectivity index (χ3v) is 1.52. The van der Waals surface area contributed by atoms with Gasteiger partial charge in [0.2, 0.25) is 0 Å². The number of anilines is 1. The van der Waals surface area contributed by atoms with E-state index < -0.39 is 5.97 Å². The van der Waals surface area contributed by atoms with Crippen LogP contribution in [0.2, 0.25) is 0 Å². The molecule has 1 N–H and O–H groups in total. The van der Waals surface area contributed by atoms with Gasteiger partial charge in [-0.05, 0) is 13.0 Å². The Bertz CT molecular complexity index is 314. The molecule has 0 radical (unpaired) electrons. The SMILES string of the molecule is Cc1nccc(N(C)CC(=O)O)n1. The molecule has 0 aliphatic rings. The van der Waals surface area contributed by atoms with Crippen LogP contribution in [0.15, 0.2) is 12.3 Å². The van der Waals surface area contributed by atoms with Gasteiger partial charge in [0.1, 0.15) is 18.2 Å². The standard InChI is InChI=1S/C8H11N3O2/c1-6-9-4-3-7(10-6)11(2)5-8(12)13/h3-4H,5H2,1-2H3,(H,12,13). The van der Waals surface area contributed by atoms with Gasteiger partial charge in [0.05, 0.1) is 0 Å². The van der Waals surface area contributed by atoms with Crippen LogP contribution in [0.4, 0.5) is 5.82 Å². The van der Waals surface area contributed by atoms with E-state index in [1.54, 1.807) is 31.1 Å². The van der Waals surface area contributed by atoms with E-state index in [2.05, 4.69) is 9.97 Å². The lowest BCUT2D eigenvalue weighted by molar-refractivity contribution is -0.135. The first-order valence-corrected chi connectivity index (χ1v) is 3.82. The number of carbonyl (C=O) groups is 1. The first-order chi connectivity index (χ1) is 6.09. The van der Waals surface area contributed by atoms with Gasteiger partial charge < -0.3 is 10.0 Å². The van der Waals surface area contributed by atoms with E-state index in [0.717, 1.165) is 0 Å². The van der Waals surface area contributed by atoms with Crippen molar-refractivity contribution >= 4 is 11.8 Å². The summed E-state index contributed by atoms with van der Waals surface area (Å²) in [6, 6.07) is 1.68. The Labute approximate surface area is 76.0 Å². The van der Waals surface area contributed by atoms with Crippen LogP contribution in [0.25, 0.3) is 0 Å². The van der Waals surface area contributed by atoms with Gasteiger partial charge in [-0.15, -0.1) is 0 Å². The molecular weight excluding hydrogens is 170 g/mol. The zero-order valence-electron chi connectivity index (χ0n) is 7.56. The van der Waals surface area contributed by atoms with Crippen molar-refractivity contribution in [3.05, 3.63) is 18.1 Å². The molecule has 1 rings (SSSR count). The molecule has 0 amide bonds. The van der Waals surface area contributed by atoms with Gasteiger partial charge in [-0.1, -0.05) is 0 Å². The second-order valence-corrected chi connectivity index (χ2v) is 2.71. The van der Waals surface area contributed by atoms with Gasteiger partial charge >= 0.3 is 5.97 Å². The summed E-state index contributed by atoms with van der Waals surface area (Å²) < 4.78 is 0. The number of nitrogens with zero attached hydrogens (tertiary/aromatic N) is 3. The monoisotopic (exact) mass is 181 g/mol. The lowest BCUT2D eigenvalue weighted by Crippen LogP contribution is -2.26. The molecule has 1 heterocycles. The average molecular weight is 181 g/mol. The Balaban J connectivity index is 2.76. The minimum atomic E-state index is -0.876. The van der Waals surface area contributed by atoms with E-state index in [-0.39, 0.29) is 6.54 Å². The highest BCUT2D eigenvalue weighted by Gasteiger charge is 2.06. The van der Waals surface area contributed by atoms with Crippen molar-refractivity contribution in [3.63, 3.8) is 0 Å². The Morgan fingerprint density at radius 3 is 2.92 bits per heavy atom. The second kappa shape index (κ2) is 3.84. The summed E-state index contributed by atoms with van der Waals surface area (Å²) in [5.74, 6) is 0.378. The minimum absolute atomic E-state index is 0.0591. The van der Waals surface area contributed by atoms with Gasteiger partial charge in [0, 0.05) is 13.2 Å². The van der Waals surface area contributed by atoms with E-state index in [9.17, 15) is 4.79 Å². The normalized spacial score (nSPS) is 9.69. The fourth-order valence-corrected chi connectivity index (χ4v) is 0.940. The van der Waals surface area contributed by atoms with Crippen LogP contribution in [0.5, 0.6) is 0 Å². The van der Waals surface area contributed by atoms with Crippen LogP contribution in [0.3, 0.4) is 0 Å². The Morgan fingerprint density at radius 2 is 2.38 bits per heavy atom. The molecule has 0 aromatic carbocycles. The van der Waals surface area contributed by atoms with Gasteiger partial charge in [-0.25, -0.2) is 9.97 Å². The van der Waals surface area contributed by atoms with Crippen molar-refractivity contribution in [3.8, 4) is 0 Å². The highest BCUT2D eigenvalue weighted by molar-refractivity contribution is 5.72. The minimum Gasteiger partial charge on any atom is -0.480 e. The van der Waals surface area contributed by atoms with Crippen molar-refractivity contribution in [2.24, 2.45) is 0 Å². The van der Waals surface area contributed by atoms with Crippen molar-refractivity contribution in [1.29, 1.82) is 0 Å². The van der Waals surface area contributed by atoms with E-state index in [4.69, 9.17) is 5.11 Å². The van der Waals surface area contributed by atoms with Gasteiger partial charge in [0.25, 0.3) is 0 Å². The second-order valence-electron chi connectivity index (χ2n) is 2.71. The molecule has 1 aromatic heterocycles. The number of aromatic nitrogens is 2. The van der Waals surface area contributed by atoms with Crippen molar-refractivity contribution < 1.29 is 9.90 Å². The van der Waals surface area contributed by atoms with Gasteiger partial charge in [-0.3, -0.25) is 4.79 Å².